The number of terminal acetylenes is 1. The Hall–Kier alpha value is -3.97. The molecular formula is C24H16F3N5O2. The highest BCUT2D eigenvalue weighted by Crippen LogP contribution is 2.44. The summed E-state index contributed by atoms with van der Waals surface area (Å²) in [4.78, 5) is 28.9. The Morgan fingerprint density at radius 1 is 1.24 bits per heavy atom. The number of nitrogens with one attached hydrogen (secondary N) is 1. The van der Waals surface area contributed by atoms with Crippen LogP contribution in [0.2, 0.25) is 0 Å². The molecule has 1 saturated carbocycles. The van der Waals surface area contributed by atoms with Crippen LogP contribution in [0.15, 0.2) is 35.5 Å². The Morgan fingerprint density at radius 2 is 2.09 bits per heavy atom. The van der Waals surface area contributed by atoms with E-state index < -0.39 is 29.5 Å². The first-order chi connectivity index (χ1) is 16.5. The van der Waals surface area contributed by atoms with Crippen molar-refractivity contribution in [3.05, 3.63) is 58.4 Å². The first-order valence-electron chi connectivity index (χ1n) is 10.6. The maximum atomic E-state index is 15.9. The number of nitrogens with zero attached hydrogens (tertiary/aromatic N) is 4. The molecule has 0 unspecified atom stereocenters. The van der Waals surface area contributed by atoms with E-state index in [9.17, 15) is 13.6 Å². The molecule has 0 spiro atoms. The zero-order chi connectivity index (χ0) is 23.6. The maximum absolute atomic E-state index is 15.9. The normalized spacial score (nSPS) is 21.8. The summed E-state index contributed by atoms with van der Waals surface area (Å²) in [5, 5.41) is 1.01. The van der Waals surface area contributed by atoms with Gasteiger partial charge in [0.25, 0.3) is 0 Å². The quantitative estimate of drug-likeness (QED) is 0.461. The second-order valence-corrected chi connectivity index (χ2v) is 8.29. The monoisotopic (exact) mass is 463 g/mol. The minimum atomic E-state index is -1.12. The van der Waals surface area contributed by atoms with E-state index in [1.807, 2.05) is 0 Å². The topological polar surface area (TPSA) is 84.0 Å². The summed E-state index contributed by atoms with van der Waals surface area (Å²) in [7, 11) is 0. The van der Waals surface area contributed by atoms with Gasteiger partial charge in [-0.3, -0.25) is 9.97 Å². The molecule has 0 amide bonds. The third-order valence-corrected chi connectivity index (χ3v) is 6.42. The summed E-state index contributed by atoms with van der Waals surface area (Å²) >= 11 is 0. The van der Waals surface area contributed by atoms with Crippen molar-refractivity contribution in [1.82, 2.24) is 19.9 Å². The van der Waals surface area contributed by atoms with Gasteiger partial charge in [0.15, 0.2) is 5.82 Å². The number of fused-ring (bicyclic) bond motifs is 3. The molecule has 34 heavy (non-hydrogen) atoms. The van der Waals surface area contributed by atoms with E-state index in [-0.39, 0.29) is 51.5 Å². The summed E-state index contributed by atoms with van der Waals surface area (Å²) in [6, 6.07) is 2.22. The zero-order valence-electron chi connectivity index (χ0n) is 17.6. The number of pyridine rings is 2. The molecule has 170 valence electrons. The van der Waals surface area contributed by atoms with Crippen molar-refractivity contribution < 1.29 is 17.9 Å². The molecule has 4 aromatic rings. The van der Waals surface area contributed by atoms with Gasteiger partial charge in [-0.25, -0.2) is 18.0 Å². The van der Waals surface area contributed by atoms with Crippen molar-refractivity contribution >= 4 is 27.5 Å². The van der Waals surface area contributed by atoms with E-state index in [2.05, 4.69) is 25.9 Å². The van der Waals surface area contributed by atoms with Crippen LogP contribution in [0.1, 0.15) is 5.56 Å². The molecule has 3 aromatic heterocycles. The first kappa shape index (κ1) is 20.6. The number of H-pyrrole nitrogens is 1. The predicted molar refractivity (Wildman–Crippen MR) is 119 cm³/mol. The molecule has 1 saturated heterocycles. The summed E-state index contributed by atoms with van der Waals surface area (Å²) in [6.07, 6.45) is 8.60. The number of hydrogen-bond acceptors (Lipinski definition) is 6. The Balaban J connectivity index is 1.58. The lowest BCUT2D eigenvalue weighted by Crippen LogP contribution is -2.33. The van der Waals surface area contributed by atoms with Crippen LogP contribution in [0.25, 0.3) is 32.9 Å². The fourth-order valence-electron chi connectivity index (χ4n) is 4.73. The van der Waals surface area contributed by atoms with Gasteiger partial charge in [-0.15, -0.1) is 6.42 Å². The summed E-state index contributed by atoms with van der Waals surface area (Å²) in [6.45, 7) is 0.905. The number of aromatic amines is 1. The lowest BCUT2D eigenvalue weighted by atomic mass is 9.98. The average molecular weight is 463 g/mol. The van der Waals surface area contributed by atoms with Crippen LogP contribution in [0.3, 0.4) is 0 Å². The molecule has 3 atom stereocenters. The van der Waals surface area contributed by atoms with Gasteiger partial charge < -0.3 is 14.6 Å². The van der Waals surface area contributed by atoms with Crippen LogP contribution >= 0.6 is 0 Å². The maximum Gasteiger partial charge on any atom is 0.347 e. The van der Waals surface area contributed by atoms with Crippen LogP contribution in [-0.4, -0.2) is 51.9 Å². The fraction of sp³-hybridized carbons (Fsp3) is 0.250. The number of anilines is 1. The third-order valence-electron chi connectivity index (χ3n) is 6.42. The molecule has 1 aliphatic carbocycles. The molecule has 0 radical (unpaired) electrons. The Kier molecular flexibility index (Phi) is 4.57. The lowest BCUT2D eigenvalue weighted by molar-refractivity contribution is 0.131. The van der Waals surface area contributed by atoms with Gasteiger partial charge in [-0.2, -0.15) is 4.98 Å². The SMILES string of the molecule is C#Cc1c(F)ccc2cncc(-c3ncc4c(N5CCOC[C@H]6[C@H](F)[C@H]65)nc(=O)[nH]c4c3F)c12. The highest BCUT2D eigenvalue weighted by Gasteiger charge is 2.56. The lowest BCUT2D eigenvalue weighted by Gasteiger charge is -2.23. The van der Waals surface area contributed by atoms with Gasteiger partial charge in [0.2, 0.25) is 0 Å². The zero-order valence-corrected chi connectivity index (χ0v) is 17.6. The van der Waals surface area contributed by atoms with Crippen LogP contribution in [0, 0.1) is 29.9 Å². The molecule has 6 rings (SSSR count). The van der Waals surface area contributed by atoms with E-state index in [1.54, 1.807) is 4.90 Å². The summed E-state index contributed by atoms with van der Waals surface area (Å²) < 4.78 is 50.0. The smallest absolute Gasteiger partial charge is 0.347 e. The van der Waals surface area contributed by atoms with Gasteiger partial charge >= 0.3 is 5.69 Å². The second-order valence-electron chi connectivity index (χ2n) is 8.29. The van der Waals surface area contributed by atoms with Crippen molar-refractivity contribution in [3.63, 3.8) is 0 Å². The Bertz CT molecular complexity index is 1580. The third kappa shape index (κ3) is 2.97. The highest BCUT2D eigenvalue weighted by molar-refractivity contribution is 6.01. The van der Waals surface area contributed by atoms with E-state index in [0.717, 1.165) is 0 Å². The number of ether oxygens (including phenoxy) is 1. The van der Waals surface area contributed by atoms with Gasteiger partial charge in [0.05, 0.1) is 35.7 Å². The Morgan fingerprint density at radius 3 is 2.91 bits per heavy atom. The van der Waals surface area contributed by atoms with Crippen molar-refractivity contribution in [3.8, 4) is 23.6 Å². The number of aromatic nitrogens is 4. The standard InChI is InChI=1S/C24H16F3N5O2/c1-2-12-16(25)4-3-11-7-28-8-13(17(11)12)20-19(27)21-14(9-29-20)23(31-24(33)30-21)32-5-6-34-10-15-18(26)22(15)32/h1,3-4,7-9,15,18,22H,5-6,10H2,(H,30,31,33)/t15-,18-,22-/m0/s1. The summed E-state index contributed by atoms with van der Waals surface area (Å²) in [5.74, 6) is 0.644. The largest absolute Gasteiger partial charge is 0.379 e. The van der Waals surface area contributed by atoms with Crippen molar-refractivity contribution in [2.45, 2.75) is 12.2 Å². The second kappa shape index (κ2) is 7.53. The first-order valence-corrected chi connectivity index (χ1v) is 10.6. The van der Waals surface area contributed by atoms with Crippen LogP contribution in [-0.2, 0) is 4.74 Å². The van der Waals surface area contributed by atoms with E-state index >= 15 is 4.39 Å². The minimum Gasteiger partial charge on any atom is -0.379 e. The highest BCUT2D eigenvalue weighted by atomic mass is 19.1. The molecular weight excluding hydrogens is 447 g/mol. The minimum absolute atomic E-state index is 0.0431. The number of alkyl halides is 1. The van der Waals surface area contributed by atoms with Crippen molar-refractivity contribution in [2.24, 2.45) is 5.92 Å². The average Bonchev–Trinajstić information content (AvgIpc) is 3.53. The van der Waals surface area contributed by atoms with Crippen LogP contribution in [0.5, 0.6) is 0 Å². The fourth-order valence-corrected chi connectivity index (χ4v) is 4.73. The number of rotatable bonds is 2. The van der Waals surface area contributed by atoms with Gasteiger partial charge in [0.1, 0.15) is 23.5 Å². The molecule has 7 nitrogen and oxygen atoms in total. The van der Waals surface area contributed by atoms with Crippen LogP contribution < -0.4 is 10.6 Å². The van der Waals surface area contributed by atoms with Gasteiger partial charge in [-0.1, -0.05) is 5.92 Å². The molecule has 1 aromatic carbocycles. The number of halogens is 3. The molecule has 1 aliphatic heterocycles. The molecule has 1 N–H and O–H groups in total. The van der Waals surface area contributed by atoms with Gasteiger partial charge in [0, 0.05) is 47.4 Å². The molecule has 0 bridgehead atoms. The van der Waals surface area contributed by atoms with E-state index in [4.69, 9.17) is 11.2 Å². The molecule has 10 heteroatoms. The van der Waals surface area contributed by atoms with E-state index in [1.165, 1.54) is 30.7 Å². The summed E-state index contributed by atoms with van der Waals surface area (Å²) in [5.41, 5.74) is -0.959. The molecule has 4 heterocycles. The molecule has 2 fully saturated rings. The van der Waals surface area contributed by atoms with Gasteiger partial charge in [-0.05, 0) is 12.1 Å². The van der Waals surface area contributed by atoms with Crippen LogP contribution in [0.4, 0.5) is 19.0 Å². The Labute approximate surface area is 190 Å². The van der Waals surface area contributed by atoms with Crippen molar-refractivity contribution in [1.29, 1.82) is 0 Å². The van der Waals surface area contributed by atoms with Crippen molar-refractivity contribution in [2.75, 3.05) is 24.7 Å². The number of benzene rings is 1. The predicted octanol–water partition coefficient (Wildman–Crippen LogP) is 2.97. The molecule has 2 aliphatic rings. The number of hydrogen-bond donors (Lipinski definition) is 1. The van der Waals surface area contributed by atoms with E-state index in [0.29, 0.717) is 18.5 Å².